The summed E-state index contributed by atoms with van der Waals surface area (Å²) in [6.07, 6.45) is 2.44. The fourth-order valence-corrected chi connectivity index (χ4v) is 3.55. The maximum Gasteiger partial charge on any atom is 0.131 e. The van der Waals surface area contributed by atoms with Crippen molar-refractivity contribution in [3.05, 3.63) is 39.8 Å². The smallest absolute Gasteiger partial charge is 0.131 e. The summed E-state index contributed by atoms with van der Waals surface area (Å²) in [6.45, 7) is 4.03. The van der Waals surface area contributed by atoms with Crippen LogP contribution in [0.25, 0.3) is 0 Å². The number of rotatable bonds is 4. The topological polar surface area (TPSA) is 38.2 Å². The van der Waals surface area contributed by atoms with Gasteiger partial charge in [-0.05, 0) is 44.0 Å². The zero-order chi connectivity index (χ0) is 13.9. The molecule has 0 N–H and O–H groups in total. The summed E-state index contributed by atoms with van der Waals surface area (Å²) in [7, 11) is 1.72. The lowest BCUT2D eigenvalue weighted by Crippen LogP contribution is -2.22. The summed E-state index contributed by atoms with van der Waals surface area (Å²) in [5.74, 6) is 0.932. The molecule has 20 heavy (non-hydrogen) atoms. The molecule has 1 aromatic carbocycles. The van der Waals surface area contributed by atoms with E-state index >= 15 is 0 Å². The van der Waals surface area contributed by atoms with Gasteiger partial charge < -0.3 is 4.74 Å². The molecule has 1 aliphatic heterocycles. The van der Waals surface area contributed by atoms with Crippen LogP contribution in [0.2, 0.25) is 0 Å². The van der Waals surface area contributed by atoms with E-state index in [2.05, 4.69) is 33.3 Å². The van der Waals surface area contributed by atoms with E-state index in [-0.39, 0.29) is 0 Å². The summed E-state index contributed by atoms with van der Waals surface area (Å²) >= 11 is 1.69. The molecule has 4 nitrogen and oxygen atoms in total. The van der Waals surface area contributed by atoms with E-state index in [1.807, 2.05) is 13.0 Å². The highest BCUT2D eigenvalue weighted by Crippen LogP contribution is 2.34. The molecular weight excluding hydrogens is 270 g/mol. The Morgan fingerprint density at radius 3 is 3.05 bits per heavy atom. The van der Waals surface area contributed by atoms with Gasteiger partial charge in [-0.15, -0.1) is 21.5 Å². The highest BCUT2D eigenvalue weighted by atomic mass is 32.1. The van der Waals surface area contributed by atoms with Crippen molar-refractivity contribution in [3.8, 4) is 5.75 Å². The Hall–Kier alpha value is -1.46. The fourth-order valence-electron chi connectivity index (χ4n) is 2.82. The van der Waals surface area contributed by atoms with Gasteiger partial charge in [0.2, 0.25) is 0 Å². The first kappa shape index (κ1) is 13.5. The van der Waals surface area contributed by atoms with Crippen molar-refractivity contribution in [2.45, 2.75) is 32.4 Å². The number of ether oxygens (including phenoxy) is 1. The molecule has 1 aliphatic rings. The minimum Gasteiger partial charge on any atom is -0.497 e. The van der Waals surface area contributed by atoms with Crippen molar-refractivity contribution in [2.24, 2.45) is 0 Å². The number of aryl methyl sites for hydroxylation is 1. The minimum absolute atomic E-state index is 0.467. The molecule has 0 aliphatic carbocycles. The first-order valence-corrected chi connectivity index (χ1v) is 7.75. The number of nitrogens with zero attached hydrogens (tertiary/aromatic N) is 3. The Morgan fingerprint density at radius 1 is 1.40 bits per heavy atom. The molecule has 2 aromatic rings. The van der Waals surface area contributed by atoms with E-state index in [9.17, 15) is 0 Å². The molecule has 1 saturated heterocycles. The Bertz CT molecular complexity index is 584. The number of aromatic nitrogens is 2. The van der Waals surface area contributed by atoms with Crippen LogP contribution >= 0.6 is 11.3 Å². The molecule has 5 heteroatoms. The summed E-state index contributed by atoms with van der Waals surface area (Å²) < 4.78 is 5.33. The lowest BCUT2D eigenvalue weighted by atomic mass is 10.0. The SMILES string of the molecule is COc1cccc([C@@H]2CCCN2Cc2nnc(C)s2)c1. The molecule has 0 radical (unpaired) electrons. The first-order valence-electron chi connectivity index (χ1n) is 6.93. The van der Waals surface area contributed by atoms with Crippen LogP contribution in [0.3, 0.4) is 0 Å². The van der Waals surface area contributed by atoms with Gasteiger partial charge in [-0.2, -0.15) is 0 Å². The molecule has 0 unspecified atom stereocenters. The van der Waals surface area contributed by atoms with Crippen molar-refractivity contribution < 1.29 is 4.74 Å². The van der Waals surface area contributed by atoms with Crippen LogP contribution in [-0.2, 0) is 6.54 Å². The van der Waals surface area contributed by atoms with Crippen LogP contribution in [0.5, 0.6) is 5.75 Å². The van der Waals surface area contributed by atoms with Gasteiger partial charge in [0.1, 0.15) is 15.8 Å². The zero-order valence-electron chi connectivity index (χ0n) is 11.9. The number of hydrogen-bond donors (Lipinski definition) is 0. The maximum atomic E-state index is 5.33. The first-order chi connectivity index (χ1) is 9.76. The standard InChI is InChI=1S/C15H19N3OS/c1-11-16-17-15(20-11)10-18-8-4-7-14(18)12-5-3-6-13(9-12)19-2/h3,5-6,9,14H,4,7-8,10H2,1-2H3/t14-/m0/s1. The van der Waals surface area contributed by atoms with Crippen molar-refractivity contribution >= 4 is 11.3 Å². The molecule has 1 fully saturated rings. The van der Waals surface area contributed by atoms with Gasteiger partial charge >= 0.3 is 0 Å². The van der Waals surface area contributed by atoms with E-state index in [0.29, 0.717) is 6.04 Å². The molecule has 1 atom stereocenters. The summed E-state index contributed by atoms with van der Waals surface area (Å²) in [5.41, 5.74) is 1.34. The third-order valence-corrected chi connectivity index (χ3v) is 4.57. The van der Waals surface area contributed by atoms with Crippen LogP contribution in [0, 0.1) is 6.92 Å². The average molecular weight is 289 g/mol. The second-order valence-corrected chi connectivity index (χ2v) is 6.39. The summed E-state index contributed by atoms with van der Waals surface area (Å²) in [4.78, 5) is 2.49. The number of methoxy groups -OCH3 is 1. The maximum absolute atomic E-state index is 5.33. The highest BCUT2D eigenvalue weighted by molar-refractivity contribution is 7.11. The average Bonchev–Trinajstić information content (AvgIpc) is 3.08. The molecule has 3 rings (SSSR count). The van der Waals surface area contributed by atoms with Crippen molar-refractivity contribution in [1.82, 2.24) is 15.1 Å². The molecule has 2 heterocycles. The van der Waals surface area contributed by atoms with Gasteiger partial charge in [0.05, 0.1) is 13.7 Å². The van der Waals surface area contributed by atoms with E-state index in [0.717, 1.165) is 28.9 Å². The lowest BCUT2D eigenvalue weighted by molar-refractivity contribution is 0.247. The predicted molar refractivity (Wildman–Crippen MR) is 80.0 cm³/mol. The van der Waals surface area contributed by atoms with Crippen molar-refractivity contribution in [2.75, 3.05) is 13.7 Å². The molecule has 0 saturated carbocycles. The third-order valence-electron chi connectivity index (χ3n) is 3.75. The Morgan fingerprint density at radius 2 is 2.30 bits per heavy atom. The van der Waals surface area contributed by atoms with Crippen LogP contribution in [-0.4, -0.2) is 28.8 Å². The molecule has 0 spiro atoms. The minimum atomic E-state index is 0.467. The van der Waals surface area contributed by atoms with Gasteiger partial charge in [0.15, 0.2) is 0 Å². The molecule has 0 bridgehead atoms. The molecule has 1 aromatic heterocycles. The van der Waals surface area contributed by atoms with Crippen LogP contribution in [0.1, 0.15) is 34.5 Å². The van der Waals surface area contributed by atoms with Gasteiger partial charge in [0.25, 0.3) is 0 Å². The van der Waals surface area contributed by atoms with Gasteiger partial charge in [-0.25, -0.2) is 0 Å². The Balaban J connectivity index is 1.77. The molecule has 0 amide bonds. The van der Waals surface area contributed by atoms with Gasteiger partial charge in [0, 0.05) is 6.04 Å². The molecule has 106 valence electrons. The largest absolute Gasteiger partial charge is 0.497 e. The normalized spacial score (nSPS) is 19.4. The Kier molecular flexibility index (Phi) is 3.98. The Labute approximate surface area is 123 Å². The van der Waals surface area contributed by atoms with Gasteiger partial charge in [-0.1, -0.05) is 12.1 Å². The predicted octanol–water partition coefficient (Wildman–Crippen LogP) is 3.19. The van der Waals surface area contributed by atoms with E-state index < -0.39 is 0 Å². The van der Waals surface area contributed by atoms with Crippen LogP contribution < -0.4 is 4.74 Å². The second kappa shape index (κ2) is 5.89. The second-order valence-electron chi connectivity index (χ2n) is 5.12. The van der Waals surface area contributed by atoms with Crippen molar-refractivity contribution in [1.29, 1.82) is 0 Å². The number of benzene rings is 1. The quantitative estimate of drug-likeness (QED) is 0.866. The van der Waals surface area contributed by atoms with E-state index in [4.69, 9.17) is 4.74 Å². The lowest BCUT2D eigenvalue weighted by Gasteiger charge is -2.23. The number of hydrogen-bond acceptors (Lipinski definition) is 5. The van der Waals surface area contributed by atoms with Crippen LogP contribution in [0.15, 0.2) is 24.3 Å². The van der Waals surface area contributed by atoms with Crippen molar-refractivity contribution in [3.63, 3.8) is 0 Å². The third kappa shape index (κ3) is 2.83. The van der Waals surface area contributed by atoms with E-state index in [1.54, 1.807) is 18.4 Å². The van der Waals surface area contributed by atoms with E-state index in [1.165, 1.54) is 18.4 Å². The van der Waals surface area contributed by atoms with Gasteiger partial charge in [-0.3, -0.25) is 4.90 Å². The summed E-state index contributed by atoms with van der Waals surface area (Å²) in [5, 5.41) is 10.5. The van der Waals surface area contributed by atoms with Crippen LogP contribution in [0.4, 0.5) is 0 Å². The monoisotopic (exact) mass is 289 g/mol. The molecular formula is C15H19N3OS. The summed E-state index contributed by atoms with van der Waals surface area (Å²) in [6, 6.07) is 8.87. The number of likely N-dealkylation sites (tertiary alicyclic amines) is 1. The highest BCUT2D eigenvalue weighted by Gasteiger charge is 2.27. The fraction of sp³-hybridized carbons (Fsp3) is 0.467. The zero-order valence-corrected chi connectivity index (χ0v) is 12.7.